The number of hydrogen-bond donors (Lipinski definition) is 0. The number of carbonyl (C=O) groups is 1. The van der Waals surface area contributed by atoms with Crippen LogP contribution in [0.1, 0.15) is 49.2 Å². The minimum absolute atomic E-state index is 0.0666. The molecule has 5 rings (SSSR count). The Bertz CT molecular complexity index is 1530. The molecule has 3 aromatic carbocycles. The number of nitrogens with zero attached hydrogens (tertiary/aromatic N) is 1. The summed E-state index contributed by atoms with van der Waals surface area (Å²) in [6.07, 6.45) is 3.40. The van der Waals surface area contributed by atoms with E-state index in [0.29, 0.717) is 17.7 Å². The summed E-state index contributed by atoms with van der Waals surface area (Å²) in [5, 5.41) is 0. The first-order chi connectivity index (χ1) is 18.5. The lowest BCUT2D eigenvalue weighted by atomic mass is 9.78. The lowest BCUT2D eigenvalue weighted by molar-refractivity contribution is 0.00578. The monoisotopic (exact) mass is 523 g/mol. The molecule has 1 fully saturated rings. The second-order valence-corrected chi connectivity index (χ2v) is 11.0. The second-order valence-electron chi connectivity index (χ2n) is 11.0. The molecule has 2 heterocycles. The van der Waals surface area contributed by atoms with E-state index >= 15 is 0 Å². The second kappa shape index (κ2) is 10.4. The van der Waals surface area contributed by atoms with E-state index in [0.717, 1.165) is 16.6 Å². The van der Waals surface area contributed by atoms with Crippen molar-refractivity contribution in [2.75, 3.05) is 0 Å². The van der Waals surface area contributed by atoms with Crippen LogP contribution in [0.4, 0.5) is 4.39 Å². The molecule has 1 aromatic heterocycles. The number of aromatic nitrogens is 1. The van der Waals surface area contributed by atoms with Gasteiger partial charge in [0.15, 0.2) is 11.2 Å². The Hall–Kier alpha value is -3.81. The van der Waals surface area contributed by atoms with Gasteiger partial charge in [-0.3, -0.25) is 9.59 Å². The number of pyridine rings is 1. The van der Waals surface area contributed by atoms with Crippen LogP contribution in [0.2, 0.25) is 0 Å². The molecule has 4 aromatic rings. The highest BCUT2D eigenvalue weighted by atomic mass is 19.1. The van der Waals surface area contributed by atoms with Gasteiger partial charge >= 0.3 is 7.12 Å². The zero-order chi connectivity index (χ0) is 27.8. The lowest BCUT2D eigenvalue weighted by Gasteiger charge is -2.32. The molecule has 1 saturated heterocycles. The van der Waals surface area contributed by atoms with Crippen LogP contribution in [0.15, 0.2) is 96.1 Å². The molecule has 7 heteroatoms. The molecular weight excluding hydrogens is 492 g/mol. The Morgan fingerprint density at radius 3 is 2.05 bits per heavy atom. The molecule has 0 saturated carbocycles. The van der Waals surface area contributed by atoms with Crippen LogP contribution in [-0.4, -0.2) is 28.7 Å². The molecule has 1 aliphatic heterocycles. The zero-order valence-electron chi connectivity index (χ0n) is 22.6. The van der Waals surface area contributed by atoms with Crippen molar-refractivity contribution in [3.05, 3.63) is 124 Å². The van der Waals surface area contributed by atoms with Crippen molar-refractivity contribution in [2.24, 2.45) is 0 Å². The van der Waals surface area contributed by atoms with Crippen LogP contribution in [0, 0.1) is 5.82 Å². The molecule has 5 nitrogen and oxygen atoms in total. The summed E-state index contributed by atoms with van der Waals surface area (Å²) < 4.78 is 27.7. The first-order valence-electron chi connectivity index (χ1n) is 13.0. The van der Waals surface area contributed by atoms with Crippen molar-refractivity contribution >= 4 is 18.4 Å². The summed E-state index contributed by atoms with van der Waals surface area (Å²) in [6, 6.07) is 23.1. The van der Waals surface area contributed by atoms with Gasteiger partial charge in [0.1, 0.15) is 5.82 Å². The molecule has 0 atom stereocenters. The molecule has 0 N–H and O–H groups in total. The first-order valence-corrected chi connectivity index (χ1v) is 13.0. The smallest absolute Gasteiger partial charge is 0.399 e. The van der Waals surface area contributed by atoms with E-state index < -0.39 is 18.3 Å². The third kappa shape index (κ3) is 5.65. The molecule has 0 aliphatic carbocycles. The predicted molar refractivity (Wildman–Crippen MR) is 152 cm³/mol. The number of benzene rings is 3. The number of Topliss-reactive ketones (excluding diaryl/α,β-unsaturated/α-hetero) is 1. The summed E-state index contributed by atoms with van der Waals surface area (Å²) in [4.78, 5) is 26.9. The summed E-state index contributed by atoms with van der Waals surface area (Å²) in [6.45, 7) is 8.50. The topological polar surface area (TPSA) is 57.5 Å². The van der Waals surface area contributed by atoms with Gasteiger partial charge in [-0.2, -0.15) is 0 Å². The Morgan fingerprint density at radius 1 is 0.821 bits per heavy atom. The van der Waals surface area contributed by atoms with Crippen LogP contribution in [0.3, 0.4) is 0 Å². The zero-order valence-corrected chi connectivity index (χ0v) is 22.6. The van der Waals surface area contributed by atoms with Gasteiger partial charge in [0.25, 0.3) is 0 Å². The van der Waals surface area contributed by atoms with Gasteiger partial charge in [-0.05, 0) is 62.0 Å². The average molecular weight is 523 g/mol. The molecule has 0 spiro atoms. The minimum Gasteiger partial charge on any atom is -0.399 e. The molecular formula is C32H31BFNO4. The molecule has 0 bridgehead atoms. The van der Waals surface area contributed by atoms with Crippen LogP contribution in [-0.2, 0) is 22.3 Å². The predicted octanol–water partition coefficient (Wildman–Crippen LogP) is 5.43. The van der Waals surface area contributed by atoms with Gasteiger partial charge in [0.2, 0.25) is 0 Å². The summed E-state index contributed by atoms with van der Waals surface area (Å²) in [5.74, 6) is -0.672. The summed E-state index contributed by atoms with van der Waals surface area (Å²) in [5.41, 5.74) is 2.44. The summed E-state index contributed by atoms with van der Waals surface area (Å²) >= 11 is 0. The number of ketones is 1. The molecule has 198 valence electrons. The Labute approximate surface area is 228 Å². The van der Waals surface area contributed by atoms with E-state index in [2.05, 4.69) is 0 Å². The van der Waals surface area contributed by atoms with Crippen molar-refractivity contribution in [3.8, 4) is 11.1 Å². The molecule has 1 aliphatic rings. The SMILES string of the molecule is CC1(C)OB(c2ccc(CC(=O)c3cn(Cc4ccccc4)cc(-c4ccc(F)cc4)c3=O)cc2)OC1(C)C. The Morgan fingerprint density at radius 2 is 1.44 bits per heavy atom. The Balaban J connectivity index is 1.42. The normalized spacial score (nSPS) is 15.9. The van der Waals surface area contributed by atoms with E-state index in [4.69, 9.17) is 9.31 Å². The molecule has 0 radical (unpaired) electrons. The maximum absolute atomic E-state index is 13.6. The third-order valence-corrected chi connectivity index (χ3v) is 7.61. The minimum atomic E-state index is -0.489. The Kier molecular flexibility index (Phi) is 7.14. The maximum Gasteiger partial charge on any atom is 0.494 e. The fraction of sp³-hybridized carbons (Fsp3) is 0.250. The van der Waals surface area contributed by atoms with Crippen LogP contribution in [0.5, 0.6) is 0 Å². The van der Waals surface area contributed by atoms with Crippen molar-refractivity contribution < 1.29 is 18.5 Å². The van der Waals surface area contributed by atoms with Crippen molar-refractivity contribution in [3.63, 3.8) is 0 Å². The fourth-order valence-corrected chi connectivity index (χ4v) is 4.60. The first kappa shape index (κ1) is 26.8. The lowest BCUT2D eigenvalue weighted by Crippen LogP contribution is -2.41. The largest absolute Gasteiger partial charge is 0.494 e. The van der Waals surface area contributed by atoms with Crippen molar-refractivity contribution in [2.45, 2.75) is 51.9 Å². The quantitative estimate of drug-likeness (QED) is 0.240. The molecule has 0 amide bonds. The third-order valence-electron chi connectivity index (χ3n) is 7.61. The van der Waals surface area contributed by atoms with Gasteiger partial charge in [0.05, 0.1) is 16.8 Å². The van der Waals surface area contributed by atoms with Gasteiger partial charge in [-0.1, -0.05) is 66.7 Å². The molecule has 39 heavy (non-hydrogen) atoms. The highest BCUT2D eigenvalue weighted by molar-refractivity contribution is 6.62. The average Bonchev–Trinajstić information content (AvgIpc) is 3.13. The van der Waals surface area contributed by atoms with Gasteiger partial charge in [-0.25, -0.2) is 4.39 Å². The van der Waals surface area contributed by atoms with Gasteiger partial charge < -0.3 is 13.9 Å². The maximum atomic E-state index is 13.6. The van der Waals surface area contributed by atoms with E-state index in [1.165, 1.54) is 12.1 Å². The molecule has 0 unspecified atom stereocenters. The number of rotatable bonds is 7. The van der Waals surface area contributed by atoms with Crippen LogP contribution >= 0.6 is 0 Å². The van der Waals surface area contributed by atoms with Crippen LogP contribution in [0.25, 0.3) is 11.1 Å². The van der Waals surface area contributed by atoms with Gasteiger partial charge in [0, 0.05) is 30.9 Å². The van der Waals surface area contributed by atoms with E-state index in [1.807, 2.05) is 86.9 Å². The number of carbonyl (C=O) groups excluding carboxylic acids is 1. The standard InChI is InChI=1S/C32H31BFNO4/c1-31(2)32(3,4)39-33(38-31)25-14-10-22(11-15-25)18-29(36)28-21-35(19-23-8-6-5-7-9-23)20-27(30(28)37)24-12-16-26(34)17-13-24/h5-17,20-21H,18-19H2,1-4H3. The van der Waals surface area contributed by atoms with Crippen molar-refractivity contribution in [1.29, 1.82) is 0 Å². The van der Waals surface area contributed by atoms with Crippen molar-refractivity contribution in [1.82, 2.24) is 4.57 Å². The van der Waals surface area contributed by atoms with E-state index in [9.17, 15) is 14.0 Å². The highest BCUT2D eigenvalue weighted by Crippen LogP contribution is 2.36. The van der Waals surface area contributed by atoms with E-state index in [1.54, 1.807) is 24.5 Å². The fourth-order valence-electron chi connectivity index (χ4n) is 4.60. The summed E-state index contributed by atoms with van der Waals surface area (Å²) in [7, 11) is -0.489. The highest BCUT2D eigenvalue weighted by Gasteiger charge is 2.51. The van der Waals surface area contributed by atoms with E-state index in [-0.39, 0.29) is 29.0 Å². The number of hydrogen-bond acceptors (Lipinski definition) is 4. The van der Waals surface area contributed by atoms with Gasteiger partial charge in [-0.15, -0.1) is 0 Å². The van der Waals surface area contributed by atoms with Crippen LogP contribution < -0.4 is 10.9 Å². The number of halogens is 1.